The topological polar surface area (TPSA) is 46.3 Å². The smallest absolute Gasteiger partial charge is 0.234 e. The third kappa shape index (κ3) is 1.52. The van der Waals surface area contributed by atoms with E-state index in [0.717, 1.165) is 23.2 Å². The molecule has 2 unspecified atom stereocenters. The Morgan fingerprint density at radius 1 is 1.50 bits per heavy atom. The summed E-state index contributed by atoms with van der Waals surface area (Å²) in [6, 6.07) is 6.10. The predicted molar refractivity (Wildman–Crippen MR) is 65.5 cm³/mol. The molecule has 0 saturated heterocycles. The molecule has 16 heavy (non-hydrogen) atoms. The molecule has 1 aromatic rings. The van der Waals surface area contributed by atoms with Gasteiger partial charge < -0.3 is 10.6 Å². The van der Waals surface area contributed by atoms with Crippen molar-refractivity contribution < 1.29 is 4.79 Å². The predicted octanol–water partition coefficient (Wildman–Crippen LogP) is 2.18. The summed E-state index contributed by atoms with van der Waals surface area (Å²) in [5.41, 5.74) is 9.12. The normalized spacial score (nSPS) is 21.1. The minimum atomic E-state index is 0.0127. The van der Waals surface area contributed by atoms with Crippen LogP contribution in [0.15, 0.2) is 18.2 Å². The van der Waals surface area contributed by atoms with E-state index in [1.54, 1.807) is 4.90 Å². The van der Waals surface area contributed by atoms with Crippen LogP contribution in [-0.2, 0) is 4.79 Å². The Hall–Kier alpha value is -1.35. The molecule has 1 aliphatic heterocycles. The van der Waals surface area contributed by atoms with Gasteiger partial charge in [0.15, 0.2) is 0 Å². The summed E-state index contributed by atoms with van der Waals surface area (Å²) in [7, 11) is 1.84. The zero-order chi connectivity index (χ0) is 11.9. The minimum Gasteiger partial charge on any atom is -0.324 e. The minimum absolute atomic E-state index is 0.0127. The molecule has 2 rings (SSSR count). The summed E-state index contributed by atoms with van der Waals surface area (Å²) < 4.78 is 0. The Balaban J connectivity index is 2.51. The number of nitrogens with zero attached hydrogens (tertiary/aromatic N) is 1. The van der Waals surface area contributed by atoms with E-state index < -0.39 is 0 Å². The van der Waals surface area contributed by atoms with Gasteiger partial charge in [-0.2, -0.15) is 0 Å². The molecule has 1 aliphatic rings. The fraction of sp³-hybridized carbons (Fsp3) is 0.462. The van der Waals surface area contributed by atoms with Gasteiger partial charge in [-0.3, -0.25) is 4.79 Å². The third-order valence-corrected chi connectivity index (χ3v) is 3.35. The first-order valence-corrected chi connectivity index (χ1v) is 5.73. The highest BCUT2D eigenvalue weighted by Gasteiger charge is 2.33. The Labute approximate surface area is 96.2 Å². The van der Waals surface area contributed by atoms with Crippen LogP contribution in [0.3, 0.4) is 0 Å². The first-order valence-electron chi connectivity index (χ1n) is 5.73. The van der Waals surface area contributed by atoms with Crippen LogP contribution >= 0.6 is 0 Å². The molecule has 1 amide bonds. The number of benzene rings is 1. The van der Waals surface area contributed by atoms with E-state index in [9.17, 15) is 4.79 Å². The standard InChI is InChI=1S/C13H18N2O/c1-4-10-11-7-9(8(2)14)5-6-12(11)15(3)13(10)16/h5-8,10H,4,14H2,1-3H3. The number of amides is 1. The van der Waals surface area contributed by atoms with E-state index >= 15 is 0 Å². The van der Waals surface area contributed by atoms with Gasteiger partial charge in [-0.1, -0.05) is 19.1 Å². The zero-order valence-corrected chi connectivity index (χ0v) is 10.0. The van der Waals surface area contributed by atoms with Crippen molar-refractivity contribution in [3.8, 4) is 0 Å². The van der Waals surface area contributed by atoms with Gasteiger partial charge in [0, 0.05) is 18.8 Å². The molecule has 0 spiro atoms. The fourth-order valence-corrected chi connectivity index (χ4v) is 2.32. The zero-order valence-electron chi connectivity index (χ0n) is 10.0. The highest BCUT2D eigenvalue weighted by molar-refractivity contribution is 6.04. The van der Waals surface area contributed by atoms with Gasteiger partial charge in [-0.05, 0) is 30.5 Å². The summed E-state index contributed by atoms with van der Waals surface area (Å²) >= 11 is 0. The van der Waals surface area contributed by atoms with Gasteiger partial charge >= 0.3 is 0 Å². The maximum absolute atomic E-state index is 12.0. The van der Waals surface area contributed by atoms with Crippen molar-refractivity contribution in [2.75, 3.05) is 11.9 Å². The van der Waals surface area contributed by atoms with Crippen molar-refractivity contribution >= 4 is 11.6 Å². The molecular weight excluding hydrogens is 200 g/mol. The maximum Gasteiger partial charge on any atom is 0.234 e. The number of likely N-dealkylation sites (N-methyl/N-ethyl adjacent to an activating group) is 1. The molecule has 86 valence electrons. The number of fused-ring (bicyclic) bond motifs is 1. The molecule has 0 radical (unpaired) electrons. The van der Waals surface area contributed by atoms with Gasteiger partial charge in [0.25, 0.3) is 0 Å². The molecule has 0 bridgehead atoms. The largest absolute Gasteiger partial charge is 0.324 e. The van der Waals surface area contributed by atoms with Crippen molar-refractivity contribution in [2.45, 2.75) is 32.2 Å². The van der Waals surface area contributed by atoms with Crippen molar-refractivity contribution in [1.29, 1.82) is 0 Å². The average molecular weight is 218 g/mol. The number of rotatable bonds is 2. The van der Waals surface area contributed by atoms with Crippen molar-refractivity contribution in [3.63, 3.8) is 0 Å². The van der Waals surface area contributed by atoms with Crippen LogP contribution in [0.1, 0.15) is 43.4 Å². The molecule has 0 aliphatic carbocycles. The molecule has 1 heterocycles. The number of anilines is 1. The molecule has 1 aromatic carbocycles. The summed E-state index contributed by atoms with van der Waals surface area (Å²) in [6.07, 6.45) is 0.846. The molecule has 3 heteroatoms. The van der Waals surface area contributed by atoms with Crippen molar-refractivity contribution in [1.82, 2.24) is 0 Å². The highest BCUT2D eigenvalue weighted by atomic mass is 16.2. The molecule has 2 N–H and O–H groups in total. The number of carbonyl (C=O) groups is 1. The number of carbonyl (C=O) groups excluding carboxylic acids is 1. The van der Waals surface area contributed by atoms with E-state index in [2.05, 4.69) is 6.07 Å². The van der Waals surface area contributed by atoms with Crippen molar-refractivity contribution in [2.24, 2.45) is 5.73 Å². The molecule has 0 fully saturated rings. The van der Waals surface area contributed by atoms with E-state index in [0.29, 0.717) is 0 Å². The molecule has 2 atom stereocenters. The summed E-state index contributed by atoms with van der Waals surface area (Å²) in [6.45, 7) is 4.01. The Morgan fingerprint density at radius 3 is 2.75 bits per heavy atom. The Morgan fingerprint density at radius 2 is 2.19 bits per heavy atom. The van der Waals surface area contributed by atoms with Crippen LogP contribution in [0, 0.1) is 0 Å². The summed E-state index contributed by atoms with van der Waals surface area (Å²) in [4.78, 5) is 13.7. The number of nitrogens with two attached hydrogens (primary N) is 1. The van der Waals surface area contributed by atoms with Gasteiger partial charge in [-0.25, -0.2) is 0 Å². The molecule has 0 aromatic heterocycles. The van der Waals surface area contributed by atoms with E-state index in [1.807, 2.05) is 33.0 Å². The van der Waals surface area contributed by atoms with Gasteiger partial charge in [-0.15, -0.1) is 0 Å². The second-order valence-corrected chi connectivity index (χ2v) is 4.47. The first kappa shape index (κ1) is 11.1. The Bertz CT molecular complexity index is 426. The van der Waals surface area contributed by atoms with Crippen LogP contribution in [0.25, 0.3) is 0 Å². The van der Waals surface area contributed by atoms with E-state index in [4.69, 9.17) is 5.73 Å². The van der Waals surface area contributed by atoms with Crippen LogP contribution in [-0.4, -0.2) is 13.0 Å². The van der Waals surface area contributed by atoms with Crippen molar-refractivity contribution in [3.05, 3.63) is 29.3 Å². The second kappa shape index (κ2) is 3.91. The monoisotopic (exact) mass is 218 g/mol. The first-order chi connectivity index (χ1) is 7.56. The SMILES string of the molecule is CCC1C(=O)N(C)c2ccc(C(C)N)cc21. The lowest BCUT2D eigenvalue weighted by Crippen LogP contribution is -2.23. The second-order valence-electron chi connectivity index (χ2n) is 4.47. The van der Waals surface area contributed by atoms with Crippen LogP contribution in [0.4, 0.5) is 5.69 Å². The third-order valence-electron chi connectivity index (χ3n) is 3.35. The molecular formula is C13H18N2O. The fourth-order valence-electron chi connectivity index (χ4n) is 2.32. The molecule has 3 nitrogen and oxygen atoms in total. The van der Waals surface area contributed by atoms with Gasteiger partial charge in [0.2, 0.25) is 5.91 Å². The lowest BCUT2D eigenvalue weighted by molar-refractivity contribution is -0.119. The number of hydrogen-bond donors (Lipinski definition) is 1. The van der Waals surface area contributed by atoms with Crippen LogP contribution < -0.4 is 10.6 Å². The lowest BCUT2D eigenvalue weighted by Gasteiger charge is -2.11. The molecule has 0 saturated carbocycles. The van der Waals surface area contributed by atoms with Crippen LogP contribution in [0.2, 0.25) is 0 Å². The maximum atomic E-state index is 12.0. The summed E-state index contributed by atoms with van der Waals surface area (Å²) in [5, 5.41) is 0. The quantitative estimate of drug-likeness (QED) is 0.827. The lowest BCUT2D eigenvalue weighted by atomic mass is 9.95. The van der Waals surface area contributed by atoms with E-state index in [-0.39, 0.29) is 17.9 Å². The summed E-state index contributed by atoms with van der Waals surface area (Å²) in [5.74, 6) is 0.207. The Kier molecular flexibility index (Phi) is 2.72. The van der Waals surface area contributed by atoms with Crippen LogP contribution in [0.5, 0.6) is 0 Å². The van der Waals surface area contributed by atoms with Gasteiger partial charge in [0.1, 0.15) is 0 Å². The van der Waals surface area contributed by atoms with Gasteiger partial charge in [0.05, 0.1) is 5.92 Å². The number of hydrogen-bond acceptors (Lipinski definition) is 2. The van der Waals surface area contributed by atoms with E-state index in [1.165, 1.54) is 0 Å². The average Bonchev–Trinajstić information content (AvgIpc) is 2.51. The highest BCUT2D eigenvalue weighted by Crippen LogP contribution is 2.39.